The maximum atomic E-state index is 4.25. The van der Waals surface area contributed by atoms with E-state index in [0.717, 1.165) is 17.1 Å². The molecular formula is C17H16N6. The number of rotatable bonds is 4. The summed E-state index contributed by atoms with van der Waals surface area (Å²) in [4.78, 5) is 12.7. The Balaban J connectivity index is 1.71. The van der Waals surface area contributed by atoms with Gasteiger partial charge in [0.1, 0.15) is 11.6 Å². The van der Waals surface area contributed by atoms with Crippen LogP contribution in [0.5, 0.6) is 0 Å². The average molecular weight is 304 g/mol. The topological polar surface area (TPSA) is 75.4 Å². The Hall–Kier alpha value is -3.15. The van der Waals surface area contributed by atoms with E-state index in [2.05, 4.69) is 30.5 Å². The van der Waals surface area contributed by atoms with Crippen molar-refractivity contribution in [1.82, 2.24) is 15.0 Å². The molecule has 0 saturated heterocycles. The molecule has 0 atom stereocenters. The minimum Gasteiger partial charge on any atom is -0.324 e. The van der Waals surface area contributed by atoms with Gasteiger partial charge in [-0.15, -0.1) is 0 Å². The van der Waals surface area contributed by atoms with E-state index in [0.29, 0.717) is 17.6 Å². The van der Waals surface area contributed by atoms with E-state index in [1.807, 2.05) is 68.4 Å². The summed E-state index contributed by atoms with van der Waals surface area (Å²) in [6.07, 6.45) is 0. The molecule has 6 nitrogen and oxygen atoms in total. The second kappa shape index (κ2) is 6.74. The number of nitrogens with one attached hydrogen (secondary N) is 1. The predicted octanol–water partition coefficient (Wildman–Crippen LogP) is 4.65. The lowest BCUT2D eigenvalue weighted by molar-refractivity contribution is 0.928. The van der Waals surface area contributed by atoms with Crippen molar-refractivity contribution in [2.24, 2.45) is 10.2 Å². The number of nitrogens with zero attached hydrogens (tertiary/aromatic N) is 5. The quantitative estimate of drug-likeness (QED) is 0.712. The molecule has 0 fully saturated rings. The molecule has 3 rings (SSSR count). The van der Waals surface area contributed by atoms with Gasteiger partial charge in [-0.25, -0.2) is 4.98 Å². The molecule has 0 aliphatic carbocycles. The molecule has 0 aliphatic heterocycles. The fourth-order valence-electron chi connectivity index (χ4n) is 2.02. The Kier molecular flexibility index (Phi) is 4.33. The van der Waals surface area contributed by atoms with Gasteiger partial charge in [-0.2, -0.15) is 20.2 Å². The first-order chi connectivity index (χ1) is 11.2. The number of anilines is 2. The van der Waals surface area contributed by atoms with Gasteiger partial charge in [-0.1, -0.05) is 18.2 Å². The summed E-state index contributed by atoms with van der Waals surface area (Å²) in [6, 6.07) is 17.2. The van der Waals surface area contributed by atoms with Crippen LogP contribution in [0.1, 0.15) is 11.6 Å². The van der Waals surface area contributed by atoms with Gasteiger partial charge in [0.25, 0.3) is 0 Å². The highest BCUT2D eigenvalue weighted by Crippen LogP contribution is 2.21. The second-order valence-corrected chi connectivity index (χ2v) is 4.96. The Morgan fingerprint density at radius 3 is 1.87 bits per heavy atom. The maximum absolute atomic E-state index is 4.25. The number of azo groups is 1. The van der Waals surface area contributed by atoms with Crippen molar-refractivity contribution < 1.29 is 0 Å². The normalized spacial score (nSPS) is 10.9. The number of hydrogen-bond donors (Lipinski definition) is 1. The molecule has 2 aromatic carbocycles. The van der Waals surface area contributed by atoms with E-state index < -0.39 is 0 Å². The summed E-state index contributed by atoms with van der Waals surface area (Å²) in [7, 11) is 0. The lowest BCUT2D eigenvalue weighted by atomic mass is 10.3. The smallest absolute Gasteiger partial charge is 0.230 e. The number of aromatic nitrogens is 3. The van der Waals surface area contributed by atoms with E-state index in [-0.39, 0.29) is 0 Å². The number of benzene rings is 2. The molecule has 1 N–H and O–H groups in total. The molecule has 0 saturated carbocycles. The zero-order valence-electron chi connectivity index (χ0n) is 12.9. The lowest BCUT2D eigenvalue weighted by Gasteiger charge is -2.05. The summed E-state index contributed by atoms with van der Waals surface area (Å²) >= 11 is 0. The van der Waals surface area contributed by atoms with E-state index in [9.17, 15) is 0 Å². The maximum Gasteiger partial charge on any atom is 0.230 e. The molecule has 1 heterocycles. The fourth-order valence-corrected chi connectivity index (χ4v) is 2.02. The molecule has 0 bridgehead atoms. The van der Waals surface area contributed by atoms with Crippen LogP contribution in [0.25, 0.3) is 0 Å². The summed E-state index contributed by atoms with van der Waals surface area (Å²) in [5.41, 5.74) is 2.49. The first-order valence-corrected chi connectivity index (χ1v) is 7.22. The van der Waals surface area contributed by atoms with Gasteiger partial charge >= 0.3 is 0 Å². The highest BCUT2D eigenvalue weighted by Gasteiger charge is 2.01. The highest BCUT2D eigenvalue weighted by molar-refractivity contribution is 5.56. The van der Waals surface area contributed by atoms with Crippen molar-refractivity contribution in [2.45, 2.75) is 13.8 Å². The minimum absolute atomic E-state index is 0.536. The highest BCUT2D eigenvalue weighted by atomic mass is 15.2. The van der Waals surface area contributed by atoms with Crippen LogP contribution in [0.2, 0.25) is 0 Å². The molecule has 0 amide bonds. The van der Waals surface area contributed by atoms with Crippen LogP contribution in [0.3, 0.4) is 0 Å². The van der Waals surface area contributed by atoms with Crippen LogP contribution < -0.4 is 5.32 Å². The molecule has 1 aromatic heterocycles. The van der Waals surface area contributed by atoms with Crippen molar-refractivity contribution in [3.8, 4) is 0 Å². The fraction of sp³-hybridized carbons (Fsp3) is 0.118. The van der Waals surface area contributed by atoms with E-state index >= 15 is 0 Å². The van der Waals surface area contributed by atoms with Crippen molar-refractivity contribution >= 4 is 23.0 Å². The Bertz CT molecular complexity index is 792. The first kappa shape index (κ1) is 14.8. The third kappa shape index (κ3) is 4.16. The van der Waals surface area contributed by atoms with Gasteiger partial charge in [0.15, 0.2) is 0 Å². The summed E-state index contributed by atoms with van der Waals surface area (Å²) in [6.45, 7) is 3.68. The molecule has 114 valence electrons. The third-order valence-electron chi connectivity index (χ3n) is 3.02. The van der Waals surface area contributed by atoms with Crippen LogP contribution in [0.15, 0.2) is 64.8 Å². The first-order valence-electron chi connectivity index (χ1n) is 7.22. The zero-order valence-corrected chi connectivity index (χ0v) is 12.9. The lowest BCUT2D eigenvalue weighted by Crippen LogP contribution is -2.02. The van der Waals surface area contributed by atoms with Crippen molar-refractivity contribution in [3.05, 3.63) is 66.2 Å². The Labute approximate surface area is 134 Å². The number of hydrogen-bond acceptors (Lipinski definition) is 6. The van der Waals surface area contributed by atoms with E-state index in [1.165, 1.54) is 0 Å². The van der Waals surface area contributed by atoms with Crippen molar-refractivity contribution in [2.75, 3.05) is 5.32 Å². The van der Waals surface area contributed by atoms with Gasteiger partial charge in [-0.05, 0) is 50.2 Å². The Morgan fingerprint density at radius 1 is 0.696 bits per heavy atom. The predicted molar refractivity (Wildman–Crippen MR) is 89.6 cm³/mol. The summed E-state index contributed by atoms with van der Waals surface area (Å²) in [5.74, 6) is 1.91. The van der Waals surface area contributed by atoms with Gasteiger partial charge < -0.3 is 5.32 Å². The van der Waals surface area contributed by atoms with Gasteiger partial charge in [0.2, 0.25) is 5.95 Å². The average Bonchev–Trinajstić information content (AvgIpc) is 2.54. The van der Waals surface area contributed by atoms with E-state index in [1.54, 1.807) is 0 Å². The van der Waals surface area contributed by atoms with Crippen LogP contribution in [0, 0.1) is 13.8 Å². The van der Waals surface area contributed by atoms with Crippen LogP contribution in [-0.2, 0) is 0 Å². The molecule has 23 heavy (non-hydrogen) atoms. The molecule has 6 heteroatoms. The van der Waals surface area contributed by atoms with Gasteiger partial charge in [0.05, 0.1) is 11.4 Å². The summed E-state index contributed by atoms with van der Waals surface area (Å²) < 4.78 is 0. The largest absolute Gasteiger partial charge is 0.324 e. The standard InChI is InChI=1S/C17H16N6/c1-12-18-13(2)20-17(19-12)21-14-8-10-16(11-9-14)23-22-15-6-4-3-5-7-15/h3-11H,1-2H3,(H,18,19,20,21). The zero-order chi connectivity index (χ0) is 16.1. The Morgan fingerprint density at radius 2 is 1.26 bits per heavy atom. The van der Waals surface area contributed by atoms with Gasteiger partial charge in [0, 0.05) is 5.69 Å². The molecular weight excluding hydrogens is 288 g/mol. The van der Waals surface area contributed by atoms with Crippen molar-refractivity contribution in [3.63, 3.8) is 0 Å². The number of aryl methyl sites for hydroxylation is 2. The van der Waals surface area contributed by atoms with Crippen LogP contribution in [-0.4, -0.2) is 15.0 Å². The third-order valence-corrected chi connectivity index (χ3v) is 3.02. The van der Waals surface area contributed by atoms with Crippen LogP contribution >= 0.6 is 0 Å². The molecule has 0 spiro atoms. The second-order valence-electron chi connectivity index (χ2n) is 4.96. The SMILES string of the molecule is Cc1nc(C)nc(Nc2ccc(N=Nc3ccccc3)cc2)n1. The summed E-state index contributed by atoms with van der Waals surface area (Å²) in [5, 5.41) is 11.5. The van der Waals surface area contributed by atoms with Crippen molar-refractivity contribution in [1.29, 1.82) is 0 Å². The molecule has 3 aromatic rings. The molecule has 0 radical (unpaired) electrons. The van der Waals surface area contributed by atoms with Crippen LogP contribution in [0.4, 0.5) is 23.0 Å². The van der Waals surface area contributed by atoms with Gasteiger partial charge in [-0.3, -0.25) is 0 Å². The molecule has 0 aliphatic rings. The monoisotopic (exact) mass is 304 g/mol. The molecule has 0 unspecified atom stereocenters. The minimum atomic E-state index is 0.536. The van der Waals surface area contributed by atoms with E-state index in [4.69, 9.17) is 0 Å².